The van der Waals surface area contributed by atoms with Crippen molar-refractivity contribution in [3.8, 4) is 0 Å². The molecule has 1 aromatic rings. The number of non-ortho nitro benzene ring substituents is 1. The smallest absolute Gasteiger partial charge is 0.269 e. The molecule has 1 aromatic carbocycles. The van der Waals surface area contributed by atoms with E-state index in [1.807, 2.05) is 23.9 Å². The summed E-state index contributed by atoms with van der Waals surface area (Å²) in [5, 5.41) is 14.0. The first-order valence-corrected chi connectivity index (χ1v) is 6.95. The first kappa shape index (κ1) is 12.4. The molecule has 0 radical (unpaired) electrons. The van der Waals surface area contributed by atoms with E-state index in [1.165, 1.54) is 17.9 Å². The lowest BCUT2D eigenvalue weighted by molar-refractivity contribution is -0.384. The van der Waals surface area contributed by atoms with Crippen LogP contribution in [0.5, 0.6) is 0 Å². The highest BCUT2D eigenvalue weighted by atomic mass is 32.2. The number of benzene rings is 1. The molecule has 5 heteroatoms. The van der Waals surface area contributed by atoms with Crippen LogP contribution in [0.4, 0.5) is 5.69 Å². The van der Waals surface area contributed by atoms with Crippen molar-refractivity contribution < 1.29 is 4.92 Å². The maximum absolute atomic E-state index is 10.5. The van der Waals surface area contributed by atoms with Gasteiger partial charge in [-0.15, -0.1) is 0 Å². The minimum atomic E-state index is -0.363. The van der Waals surface area contributed by atoms with Crippen molar-refractivity contribution in [2.24, 2.45) is 0 Å². The molecule has 1 heterocycles. The molecular weight excluding hydrogens is 236 g/mol. The van der Waals surface area contributed by atoms with Crippen molar-refractivity contribution in [1.29, 1.82) is 0 Å². The average Bonchev–Trinajstić information content (AvgIpc) is 2.83. The van der Waals surface area contributed by atoms with E-state index < -0.39 is 0 Å². The normalized spacial score (nSPS) is 19.4. The van der Waals surface area contributed by atoms with E-state index in [2.05, 4.69) is 5.32 Å². The minimum Gasteiger partial charge on any atom is -0.313 e. The quantitative estimate of drug-likeness (QED) is 0.645. The Morgan fingerprint density at radius 1 is 1.41 bits per heavy atom. The summed E-state index contributed by atoms with van der Waals surface area (Å²) in [6.45, 7) is 0.947. The van der Waals surface area contributed by atoms with Crippen molar-refractivity contribution in [2.75, 3.05) is 18.1 Å². The topological polar surface area (TPSA) is 55.2 Å². The second-order valence-corrected chi connectivity index (χ2v) is 5.34. The van der Waals surface area contributed by atoms with Crippen molar-refractivity contribution in [2.45, 2.75) is 18.9 Å². The number of hydrogen-bond acceptors (Lipinski definition) is 4. The molecule has 1 N–H and O–H groups in total. The van der Waals surface area contributed by atoms with Gasteiger partial charge in [0.25, 0.3) is 5.69 Å². The Hall–Kier alpha value is -1.07. The summed E-state index contributed by atoms with van der Waals surface area (Å²) in [6, 6.07) is 7.46. The largest absolute Gasteiger partial charge is 0.313 e. The zero-order chi connectivity index (χ0) is 12.1. The van der Waals surface area contributed by atoms with Gasteiger partial charge in [0.05, 0.1) is 4.92 Å². The predicted octanol–water partition coefficient (Wildman–Crippen LogP) is 2.23. The highest BCUT2D eigenvalue weighted by molar-refractivity contribution is 7.99. The van der Waals surface area contributed by atoms with E-state index >= 15 is 0 Å². The van der Waals surface area contributed by atoms with Crippen molar-refractivity contribution in [3.63, 3.8) is 0 Å². The average molecular weight is 252 g/mol. The standard InChI is InChI=1S/C12H16N2O2S/c15-14(16)12-3-1-10(2-4-12)5-7-13-11-6-8-17-9-11/h1-4,11,13H,5-9H2. The van der Waals surface area contributed by atoms with Crippen LogP contribution in [0.15, 0.2) is 24.3 Å². The third-order valence-electron chi connectivity index (χ3n) is 2.92. The van der Waals surface area contributed by atoms with Gasteiger partial charge in [0.2, 0.25) is 0 Å². The maximum atomic E-state index is 10.5. The summed E-state index contributed by atoms with van der Waals surface area (Å²) in [6.07, 6.45) is 2.18. The lowest BCUT2D eigenvalue weighted by atomic mass is 10.1. The molecule has 1 fully saturated rings. The van der Waals surface area contributed by atoms with Crippen LogP contribution in [0.3, 0.4) is 0 Å². The lowest BCUT2D eigenvalue weighted by Crippen LogP contribution is -2.30. The SMILES string of the molecule is O=[N+]([O-])c1ccc(CCNC2CCSC2)cc1. The number of nitrogens with one attached hydrogen (secondary N) is 1. The lowest BCUT2D eigenvalue weighted by Gasteiger charge is -2.10. The van der Waals surface area contributed by atoms with Gasteiger partial charge in [0, 0.05) is 23.9 Å². The molecule has 0 aliphatic carbocycles. The first-order chi connectivity index (χ1) is 8.25. The summed E-state index contributed by atoms with van der Waals surface area (Å²) >= 11 is 2.00. The van der Waals surface area contributed by atoms with Crippen LogP contribution in [-0.2, 0) is 6.42 Å². The van der Waals surface area contributed by atoms with Gasteiger partial charge in [0.15, 0.2) is 0 Å². The van der Waals surface area contributed by atoms with E-state index in [1.54, 1.807) is 12.1 Å². The molecule has 17 heavy (non-hydrogen) atoms. The molecule has 0 aromatic heterocycles. The monoisotopic (exact) mass is 252 g/mol. The summed E-state index contributed by atoms with van der Waals surface area (Å²) < 4.78 is 0. The number of nitro benzene ring substituents is 1. The van der Waals surface area contributed by atoms with Crippen LogP contribution in [-0.4, -0.2) is 29.0 Å². The Bertz CT molecular complexity index is 375. The molecule has 4 nitrogen and oxygen atoms in total. The fraction of sp³-hybridized carbons (Fsp3) is 0.500. The predicted molar refractivity (Wildman–Crippen MR) is 70.5 cm³/mol. The van der Waals surface area contributed by atoms with Gasteiger partial charge < -0.3 is 5.32 Å². The van der Waals surface area contributed by atoms with Crippen LogP contribution in [0.1, 0.15) is 12.0 Å². The van der Waals surface area contributed by atoms with Gasteiger partial charge in [-0.3, -0.25) is 10.1 Å². The molecule has 1 aliphatic heterocycles. The number of thioether (sulfide) groups is 1. The fourth-order valence-electron chi connectivity index (χ4n) is 1.90. The Kier molecular flexibility index (Phi) is 4.39. The number of nitrogens with zero attached hydrogens (tertiary/aromatic N) is 1. The van der Waals surface area contributed by atoms with Crippen molar-refractivity contribution in [1.82, 2.24) is 5.32 Å². The highest BCUT2D eigenvalue weighted by Crippen LogP contribution is 2.17. The molecule has 1 saturated heterocycles. The van der Waals surface area contributed by atoms with Crippen LogP contribution in [0, 0.1) is 10.1 Å². The first-order valence-electron chi connectivity index (χ1n) is 5.80. The summed E-state index contributed by atoms with van der Waals surface area (Å²) in [7, 11) is 0. The van der Waals surface area contributed by atoms with Crippen molar-refractivity contribution in [3.05, 3.63) is 39.9 Å². The van der Waals surface area contributed by atoms with Gasteiger partial charge in [-0.05, 0) is 30.7 Å². The van der Waals surface area contributed by atoms with Crippen molar-refractivity contribution >= 4 is 17.4 Å². The van der Waals surface area contributed by atoms with E-state index in [0.29, 0.717) is 6.04 Å². The zero-order valence-electron chi connectivity index (χ0n) is 9.59. The van der Waals surface area contributed by atoms with Gasteiger partial charge in [-0.2, -0.15) is 11.8 Å². The summed E-state index contributed by atoms with van der Waals surface area (Å²) in [5.41, 5.74) is 1.31. The number of nitro groups is 1. The third kappa shape index (κ3) is 3.71. The second kappa shape index (κ2) is 6.02. The molecular formula is C12H16N2O2S. The number of hydrogen-bond donors (Lipinski definition) is 1. The third-order valence-corrected chi connectivity index (χ3v) is 4.09. The minimum absolute atomic E-state index is 0.161. The molecule has 92 valence electrons. The molecule has 1 aliphatic rings. The summed E-state index contributed by atoms with van der Waals surface area (Å²) in [5.74, 6) is 2.47. The highest BCUT2D eigenvalue weighted by Gasteiger charge is 2.13. The number of rotatable bonds is 5. The van der Waals surface area contributed by atoms with E-state index in [-0.39, 0.29) is 10.6 Å². The fourth-order valence-corrected chi connectivity index (χ4v) is 3.09. The molecule has 1 atom stereocenters. The second-order valence-electron chi connectivity index (χ2n) is 4.19. The van der Waals surface area contributed by atoms with Crippen LogP contribution < -0.4 is 5.32 Å². The zero-order valence-corrected chi connectivity index (χ0v) is 10.4. The Labute approximate surface area is 105 Å². The van der Waals surface area contributed by atoms with E-state index in [9.17, 15) is 10.1 Å². The molecule has 0 spiro atoms. The Balaban J connectivity index is 1.76. The van der Waals surface area contributed by atoms with Crippen LogP contribution >= 0.6 is 11.8 Å². The molecule has 0 saturated carbocycles. The van der Waals surface area contributed by atoms with Gasteiger partial charge in [-0.25, -0.2) is 0 Å². The van der Waals surface area contributed by atoms with Crippen LogP contribution in [0.25, 0.3) is 0 Å². The molecule has 2 rings (SSSR count). The molecule has 1 unspecified atom stereocenters. The summed E-state index contributed by atoms with van der Waals surface area (Å²) in [4.78, 5) is 10.1. The Morgan fingerprint density at radius 3 is 2.76 bits per heavy atom. The van der Waals surface area contributed by atoms with E-state index in [4.69, 9.17) is 0 Å². The Morgan fingerprint density at radius 2 is 2.18 bits per heavy atom. The molecule has 0 bridgehead atoms. The van der Waals surface area contributed by atoms with Gasteiger partial charge >= 0.3 is 0 Å². The van der Waals surface area contributed by atoms with Gasteiger partial charge in [0.1, 0.15) is 0 Å². The van der Waals surface area contributed by atoms with Crippen LogP contribution in [0.2, 0.25) is 0 Å². The van der Waals surface area contributed by atoms with Gasteiger partial charge in [-0.1, -0.05) is 12.1 Å². The molecule has 0 amide bonds. The van der Waals surface area contributed by atoms with E-state index in [0.717, 1.165) is 18.5 Å². The maximum Gasteiger partial charge on any atom is 0.269 e.